The minimum Gasteiger partial charge on any atom is -0.259 e. The molecule has 3 rings (SSSR count). The largest absolute Gasteiger partial charge is 0.259 e. The van der Waals surface area contributed by atoms with Crippen molar-refractivity contribution in [3.8, 4) is 11.1 Å². The van der Waals surface area contributed by atoms with Crippen molar-refractivity contribution >= 4 is 0 Å². The van der Waals surface area contributed by atoms with Crippen LogP contribution in [0.15, 0.2) is 54.7 Å². The van der Waals surface area contributed by atoms with Crippen molar-refractivity contribution in [3.05, 3.63) is 81.5 Å². The van der Waals surface area contributed by atoms with Crippen molar-refractivity contribution in [3.63, 3.8) is 0 Å². The third-order valence-electron chi connectivity index (χ3n) is 4.10. The Morgan fingerprint density at radius 2 is 1.95 bits per heavy atom. The molecule has 2 aromatic rings. The zero-order valence-electron chi connectivity index (χ0n) is 12.0. The maximum absolute atomic E-state index is 10.3. The van der Waals surface area contributed by atoms with E-state index in [-0.39, 0.29) is 5.92 Å². The number of nitrogens with zero attached hydrogens (tertiary/aromatic N) is 1. The molecular formula is C18H17NO2. The van der Waals surface area contributed by atoms with E-state index in [0.29, 0.717) is 6.42 Å². The zero-order chi connectivity index (χ0) is 14.8. The van der Waals surface area contributed by atoms with Gasteiger partial charge >= 0.3 is 0 Å². The van der Waals surface area contributed by atoms with E-state index < -0.39 is 4.92 Å². The van der Waals surface area contributed by atoms with Crippen LogP contribution in [0.5, 0.6) is 0 Å². The molecule has 1 atom stereocenters. The van der Waals surface area contributed by atoms with E-state index in [1.807, 2.05) is 0 Å². The smallest absolute Gasteiger partial charge is 0.230 e. The lowest BCUT2D eigenvalue weighted by molar-refractivity contribution is -0.402. The number of fused-ring (bicyclic) bond motifs is 3. The van der Waals surface area contributed by atoms with Gasteiger partial charge in [0.15, 0.2) is 0 Å². The molecule has 0 saturated heterocycles. The second-order valence-electron chi connectivity index (χ2n) is 5.56. The van der Waals surface area contributed by atoms with Crippen LogP contribution in [0.2, 0.25) is 0 Å². The standard InChI is InChI=1S/C18H17NO2/c1-13(5-4-10-19(20)21)14-8-9-18-16(11-14)12-15-6-2-3-7-17(15)18/h2-4,6-11,13H,5,12H2,1H3. The van der Waals surface area contributed by atoms with Gasteiger partial charge < -0.3 is 0 Å². The van der Waals surface area contributed by atoms with Crippen LogP contribution in [0.25, 0.3) is 11.1 Å². The highest BCUT2D eigenvalue weighted by molar-refractivity contribution is 5.77. The molecule has 1 unspecified atom stereocenters. The molecular weight excluding hydrogens is 262 g/mol. The predicted octanol–water partition coefficient (Wildman–Crippen LogP) is 4.54. The average Bonchev–Trinajstić information content (AvgIpc) is 2.84. The zero-order valence-corrected chi connectivity index (χ0v) is 12.0. The summed E-state index contributed by atoms with van der Waals surface area (Å²) in [4.78, 5) is 9.90. The molecule has 21 heavy (non-hydrogen) atoms. The lowest BCUT2D eigenvalue weighted by Gasteiger charge is -2.11. The molecule has 2 aromatic carbocycles. The van der Waals surface area contributed by atoms with E-state index in [9.17, 15) is 10.1 Å². The van der Waals surface area contributed by atoms with E-state index in [1.165, 1.54) is 27.8 Å². The molecule has 3 nitrogen and oxygen atoms in total. The highest BCUT2D eigenvalue weighted by atomic mass is 16.6. The third-order valence-corrected chi connectivity index (χ3v) is 4.10. The van der Waals surface area contributed by atoms with Crippen LogP contribution in [0.3, 0.4) is 0 Å². The average molecular weight is 279 g/mol. The number of nitro groups is 1. The van der Waals surface area contributed by atoms with Crippen molar-refractivity contribution in [1.29, 1.82) is 0 Å². The number of hydrogen-bond donors (Lipinski definition) is 0. The summed E-state index contributed by atoms with van der Waals surface area (Å²) in [6.45, 7) is 2.11. The fourth-order valence-electron chi connectivity index (χ4n) is 2.96. The Hall–Kier alpha value is -2.42. The molecule has 0 aromatic heterocycles. The van der Waals surface area contributed by atoms with E-state index in [2.05, 4.69) is 49.4 Å². The van der Waals surface area contributed by atoms with E-state index >= 15 is 0 Å². The Kier molecular flexibility index (Phi) is 3.57. The molecule has 0 aliphatic heterocycles. The van der Waals surface area contributed by atoms with Gasteiger partial charge in [0.1, 0.15) is 0 Å². The molecule has 3 heteroatoms. The van der Waals surface area contributed by atoms with Crippen LogP contribution in [0.1, 0.15) is 36.0 Å². The lowest BCUT2D eigenvalue weighted by Crippen LogP contribution is -1.94. The molecule has 0 saturated carbocycles. The van der Waals surface area contributed by atoms with Crippen molar-refractivity contribution in [2.24, 2.45) is 0 Å². The van der Waals surface area contributed by atoms with Crippen molar-refractivity contribution in [2.75, 3.05) is 0 Å². The van der Waals surface area contributed by atoms with Gasteiger partial charge in [-0.25, -0.2) is 0 Å². The van der Waals surface area contributed by atoms with Crippen LogP contribution in [-0.4, -0.2) is 4.92 Å². The summed E-state index contributed by atoms with van der Waals surface area (Å²) in [6, 6.07) is 15.1. The molecule has 0 amide bonds. The summed E-state index contributed by atoms with van der Waals surface area (Å²) >= 11 is 0. The van der Waals surface area contributed by atoms with Gasteiger partial charge in [0.05, 0.1) is 4.92 Å². The Balaban J connectivity index is 1.82. The van der Waals surface area contributed by atoms with Crippen LogP contribution in [0.4, 0.5) is 0 Å². The van der Waals surface area contributed by atoms with Gasteiger partial charge in [0.2, 0.25) is 6.20 Å². The molecule has 0 bridgehead atoms. The van der Waals surface area contributed by atoms with E-state index in [4.69, 9.17) is 0 Å². The first-order valence-corrected chi connectivity index (χ1v) is 7.16. The molecule has 0 fully saturated rings. The summed E-state index contributed by atoms with van der Waals surface area (Å²) in [5, 5.41) is 10.3. The Morgan fingerprint density at radius 3 is 2.76 bits per heavy atom. The minimum atomic E-state index is -0.411. The maximum Gasteiger partial charge on any atom is 0.230 e. The van der Waals surface area contributed by atoms with Gasteiger partial charge in [-0.2, -0.15) is 0 Å². The Morgan fingerprint density at radius 1 is 1.19 bits per heavy atom. The monoisotopic (exact) mass is 279 g/mol. The summed E-state index contributed by atoms with van der Waals surface area (Å²) < 4.78 is 0. The molecule has 0 N–H and O–H groups in total. The fourth-order valence-corrected chi connectivity index (χ4v) is 2.96. The number of benzene rings is 2. The second kappa shape index (κ2) is 5.52. The van der Waals surface area contributed by atoms with Crippen molar-refractivity contribution in [1.82, 2.24) is 0 Å². The topological polar surface area (TPSA) is 43.1 Å². The van der Waals surface area contributed by atoms with Crippen LogP contribution >= 0.6 is 0 Å². The third kappa shape index (κ3) is 2.72. The fraction of sp³-hybridized carbons (Fsp3) is 0.222. The lowest BCUT2D eigenvalue weighted by atomic mass is 9.94. The predicted molar refractivity (Wildman–Crippen MR) is 83.9 cm³/mol. The quantitative estimate of drug-likeness (QED) is 0.519. The number of hydrogen-bond acceptors (Lipinski definition) is 2. The van der Waals surface area contributed by atoms with Gasteiger partial charge in [-0.1, -0.05) is 49.4 Å². The highest BCUT2D eigenvalue weighted by Gasteiger charge is 2.18. The number of rotatable bonds is 4. The molecule has 1 aliphatic rings. The van der Waals surface area contributed by atoms with Gasteiger partial charge in [-0.05, 0) is 52.7 Å². The Bertz CT molecular complexity index is 719. The highest BCUT2D eigenvalue weighted by Crippen LogP contribution is 2.38. The van der Waals surface area contributed by atoms with Gasteiger partial charge in [-0.15, -0.1) is 0 Å². The SMILES string of the molecule is CC(CC=C[N+](=O)[O-])c1ccc2c(c1)Cc1ccccc1-2. The first-order chi connectivity index (χ1) is 10.1. The summed E-state index contributed by atoms with van der Waals surface area (Å²) in [5.74, 6) is 0.287. The van der Waals surface area contributed by atoms with Crippen molar-refractivity contribution < 1.29 is 4.92 Å². The van der Waals surface area contributed by atoms with Gasteiger partial charge in [-0.3, -0.25) is 10.1 Å². The van der Waals surface area contributed by atoms with Gasteiger partial charge in [0.25, 0.3) is 0 Å². The molecule has 1 aliphatic carbocycles. The molecule has 106 valence electrons. The second-order valence-corrected chi connectivity index (χ2v) is 5.56. The van der Waals surface area contributed by atoms with Crippen LogP contribution < -0.4 is 0 Å². The van der Waals surface area contributed by atoms with Gasteiger partial charge in [0, 0.05) is 0 Å². The van der Waals surface area contributed by atoms with Crippen LogP contribution in [0, 0.1) is 10.1 Å². The molecule has 0 spiro atoms. The van der Waals surface area contributed by atoms with Crippen molar-refractivity contribution in [2.45, 2.75) is 25.7 Å². The van der Waals surface area contributed by atoms with Crippen LogP contribution in [-0.2, 0) is 6.42 Å². The first kappa shape index (κ1) is 13.6. The van der Waals surface area contributed by atoms with E-state index in [0.717, 1.165) is 12.6 Å². The summed E-state index contributed by atoms with van der Waals surface area (Å²) in [6.07, 6.45) is 4.33. The normalized spacial score (nSPS) is 14.0. The minimum absolute atomic E-state index is 0.287. The molecule has 0 radical (unpaired) electrons. The number of allylic oxidation sites excluding steroid dienone is 1. The summed E-state index contributed by atoms with van der Waals surface area (Å²) in [5.41, 5.74) is 6.64. The Labute approximate surface area is 124 Å². The molecule has 0 heterocycles. The first-order valence-electron chi connectivity index (χ1n) is 7.16. The van der Waals surface area contributed by atoms with E-state index in [1.54, 1.807) is 6.08 Å². The summed E-state index contributed by atoms with van der Waals surface area (Å²) in [7, 11) is 0. The maximum atomic E-state index is 10.3.